The number of benzene rings is 2. The third-order valence-corrected chi connectivity index (χ3v) is 3.97. The van der Waals surface area contributed by atoms with E-state index in [2.05, 4.69) is 10.1 Å². The van der Waals surface area contributed by atoms with Crippen LogP contribution in [0.1, 0.15) is 65.6 Å². The van der Waals surface area contributed by atoms with Gasteiger partial charge < -0.3 is 14.8 Å². The first-order chi connectivity index (χ1) is 13.1. The maximum Gasteiger partial charge on any atom is 0.408 e. The van der Waals surface area contributed by atoms with Crippen LogP contribution < -0.4 is 5.32 Å². The van der Waals surface area contributed by atoms with E-state index in [9.17, 15) is 14.4 Å². The van der Waals surface area contributed by atoms with Crippen LogP contribution in [0, 0.1) is 0 Å². The van der Waals surface area contributed by atoms with Gasteiger partial charge in [-0.1, -0.05) is 36.4 Å². The van der Waals surface area contributed by atoms with Gasteiger partial charge in [-0.2, -0.15) is 0 Å². The van der Waals surface area contributed by atoms with Crippen LogP contribution in [-0.4, -0.2) is 30.6 Å². The van der Waals surface area contributed by atoms with Crippen molar-refractivity contribution < 1.29 is 23.9 Å². The predicted octanol–water partition coefficient (Wildman–Crippen LogP) is 4.29. The van der Waals surface area contributed by atoms with E-state index in [0.717, 1.165) is 5.56 Å². The molecule has 0 saturated heterocycles. The molecule has 0 heterocycles. The van der Waals surface area contributed by atoms with Crippen molar-refractivity contribution in [3.8, 4) is 0 Å². The van der Waals surface area contributed by atoms with E-state index < -0.39 is 17.7 Å². The van der Waals surface area contributed by atoms with Crippen LogP contribution in [0.4, 0.5) is 4.79 Å². The summed E-state index contributed by atoms with van der Waals surface area (Å²) in [6, 6.07) is 13.0. The molecule has 0 unspecified atom stereocenters. The van der Waals surface area contributed by atoms with Crippen LogP contribution in [0.15, 0.2) is 48.5 Å². The first kappa shape index (κ1) is 21.2. The van der Waals surface area contributed by atoms with Gasteiger partial charge >= 0.3 is 12.1 Å². The number of ketones is 1. The molecule has 0 saturated carbocycles. The minimum absolute atomic E-state index is 0.157. The number of rotatable bonds is 5. The molecule has 0 bridgehead atoms. The topological polar surface area (TPSA) is 81.7 Å². The van der Waals surface area contributed by atoms with Crippen LogP contribution in [0.25, 0.3) is 0 Å². The lowest BCUT2D eigenvalue weighted by molar-refractivity contribution is 0.0506. The molecule has 0 aliphatic carbocycles. The molecule has 0 radical (unpaired) electrons. The van der Waals surface area contributed by atoms with Crippen molar-refractivity contribution in [3.05, 3.63) is 70.8 Å². The minimum atomic E-state index is -0.566. The van der Waals surface area contributed by atoms with Gasteiger partial charge in [0.25, 0.3) is 0 Å². The second kappa shape index (κ2) is 8.69. The van der Waals surface area contributed by atoms with E-state index in [1.807, 2.05) is 6.92 Å². The number of nitrogens with one attached hydrogen (secondary N) is 1. The number of alkyl carbamates (subject to hydrolysis) is 1. The summed E-state index contributed by atoms with van der Waals surface area (Å²) < 4.78 is 9.90. The van der Waals surface area contributed by atoms with Crippen molar-refractivity contribution in [1.29, 1.82) is 0 Å². The molecule has 0 spiro atoms. The van der Waals surface area contributed by atoms with Gasteiger partial charge in [0.1, 0.15) is 5.60 Å². The fourth-order valence-corrected chi connectivity index (χ4v) is 2.53. The molecular weight excluding hydrogens is 358 g/mol. The fourth-order valence-electron chi connectivity index (χ4n) is 2.53. The summed E-state index contributed by atoms with van der Waals surface area (Å²) in [4.78, 5) is 36.0. The van der Waals surface area contributed by atoms with Crippen molar-refractivity contribution >= 4 is 17.8 Å². The summed E-state index contributed by atoms with van der Waals surface area (Å²) in [7, 11) is 1.31. The van der Waals surface area contributed by atoms with Gasteiger partial charge in [0.05, 0.1) is 18.7 Å². The molecule has 0 aliphatic heterocycles. The Morgan fingerprint density at radius 3 is 1.79 bits per heavy atom. The maximum absolute atomic E-state index is 12.6. The van der Waals surface area contributed by atoms with E-state index >= 15 is 0 Å². The Bertz CT molecular complexity index is 848. The first-order valence-corrected chi connectivity index (χ1v) is 8.93. The Kier molecular flexibility index (Phi) is 6.57. The molecular formula is C22H25NO5. The molecule has 2 rings (SSSR count). The monoisotopic (exact) mass is 383 g/mol. The number of methoxy groups -OCH3 is 1. The molecule has 1 atom stereocenters. The largest absolute Gasteiger partial charge is 0.465 e. The third kappa shape index (κ3) is 5.67. The van der Waals surface area contributed by atoms with Crippen molar-refractivity contribution in [2.75, 3.05) is 7.11 Å². The zero-order valence-electron chi connectivity index (χ0n) is 16.7. The minimum Gasteiger partial charge on any atom is -0.465 e. The quantitative estimate of drug-likeness (QED) is 0.615. The molecule has 6 nitrogen and oxygen atoms in total. The standard InChI is InChI=1S/C22H25NO5/c1-14(23-21(26)28-22(2,3)4)15-6-8-16(9-7-15)19(24)17-10-12-18(13-11-17)20(25)27-5/h6-14H,1-5H3,(H,23,26)/t14-/m0/s1. The Morgan fingerprint density at radius 2 is 1.32 bits per heavy atom. The van der Waals surface area contributed by atoms with Crippen LogP contribution >= 0.6 is 0 Å². The number of amides is 1. The summed E-state index contributed by atoms with van der Waals surface area (Å²) >= 11 is 0. The molecule has 1 amide bonds. The van der Waals surface area contributed by atoms with E-state index in [1.54, 1.807) is 69.3 Å². The first-order valence-electron chi connectivity index (χ1n) is 8.93. The number of carbonyl (C=O) groups is 3. The van der Waals surface area contributed by atoms with Gasteiger partial charge in [-0.05, 0) is 45.4 Å². The Labute approximate surface area is 164 Å². The zero-order valence-corrected chi connectivity index (χ0v) is 16.7. The summed E-state index contributed by atoms with van der Waals surface area (Å²) in [5.41, 5.74) is 1.66. The van der Waals surface area contributed by atoms with Crippen molar-refractivity contribution in [2.24, 2.45) is 0 Å². The second-order valence-corrected chi connectivity index (χ2v) is 7.39. The van der Waals surface area contributed by atoms with Gasteiger partial charge in [-0.25, -0.2) is 9.59 Å². The number of ether oxygens (including phenoxy) is 2. The summed E-state index contributed by atoms with van der Waals surface area (Å²) in [6.07, 6.45) is -0.495. The van der Waals surface area contributed by atoms with Gasteiger partial charge in [-0.15, -0.1) is 0 Å². The van der Waals surface area contributed by atoms with E-state index in [-0.39, 0.29) is 11.8 Å². The van der Waals surface area contributed by atoms with Crippen LogP contribution in [0.2, 0.25) is 0 Å². The molecule has 1 N–H and O–H groups in total. The lowest BCUT2D eigenvalue weighted by Gasteiger charge is -2.22. The van der Waals surface area contributed by atoms with Crippen molar-refractivity contribution in [3.63, 3.8) is 0 Å². The highest BCUT2D eigenvalue weighted by Gasteiger charge is 2.18. The molecule has 0 fully saturated rings. The van der Waals surface area contributed by atoms with Crippen LogP contribution in [-0.2, 0) is 9.47 Å². The summed E-state index contributed by atoms with van der Waals surface area (Å²) in [6.45, 7) is 7.24. The van der Waals surface area contributed by atoms with Gasteiger partial charge in [0.2, 0.25) is 0 Å². The molecule has 2 aromatic carbocycles. The number of carbonyl (C=O) groups excluding carboxylic acids is 3. The SMILES string of the molecule is COC(=O)c1ccc(C(=O)c2ccc([C@H](C)NC(=O)OC(C)(C)C)cc2)cc1. The van der Waals surface area contributed by atoms with Gasteiger partial charge in [0, 0.05) is 11.1 Å². The molecule has 0 aromatic heterocycles. The zero-order chi connectivity index (χ0) is 20.9. The molecule has 28 heavy (non-hydrogen) atoms. The average Bonchev–Trinajstić information content (AvgIpc) is 2.65. The molecule has 148 valence electrons. The number of hydrogen-bond acceptors (Lipinski definition) is 5. The Hall–Kier alpha value is -3.15. The molecule has 0 aliphatic rings. The van der Waals surface area contributed by atoms with E-state index in [1.165, 1.54) is 7.11 Å². The van der Waals surface area contributed by atoms with Crippen molar-refractivity contribution in [2.45, 2.75) is 39.3 Å². The summed E-state index contributed by atoms with van der Waals surface area (Å²) in [5.74, 6) is -0.606. The fraction of sp³-hybridized carbons (Fsp3) is 0.318. The van der Waals surface area contributed by atoms with Crippen LogP contribution in [0.5, 0.6) is 0 Å². The smallest absolute Gasteiger partial charge is 0.408 e. The number of hydrogen-bond donors (Lipinski definition) is 1. The highest BCUT2D eigenvalue weighted by atomic mass is 16.6. The lowest BCUT2D eigenvalue weighted by atomic mass is 9.99. The highest BCUT2D eigenvalue weighted by molar-refractivity contribution is 6.09. The Balaban J connectivity index is 2.06. The van der Waals surface area contributed by atoms with E-state index in [0.29, 0.717) is 16.7 Å². The normalized spacial score (nSPS) is 12.0. The van der Waals surface area contributed by atoms with Crippen molar-refractivity contribution in [1.82, 2.24) is 5.32 Å². The van der Waals surface area contributed by atoms with Gasteiger partial charge in [-0.3, -0.25) is 4.79 Å². The molecule has 2 aromatic rings. The lowest BCUT2D eigenvalue weighted by Crippen LogP contribution is -2.34. The third-order valence-electron chi connectivity index (χ3n) is 3.97. The Morgan fingerprint density at radius 1 is 0.857 bits per heavy atom. The molecule has 6 heteroatoms. The number of esters is 1. The maximum atomic E-state index is 12.6. The highest BCUT2D eigenvalue weighted by Crippen LogP contribution is 2.17. The average molecular weight is 383 g/mol. The summed E-state index contributed by atoms with van der Waals surface area (Å²) in [5, 5.41) is 2.77. The second-order valence-electron chi connectivity index (χ2n) is 7.39. The predicted molar refractivity (Wildman–Crippen MR) is 105 cm³/mol. The van der Waals surface area contributed by atoms with E-state index in [4.69, 9.17) is 4.74 Å². The van der Waals surface area contributed by atoms with Crippen LogP contribution in [0.3, 0.4) is 0 Å². The van der Waals surface area contributed by atoms with Gasteiger partial charge in [0.15, 0.2) is 5.78 Å².